The van der Waals surface area contributed by atoms with Crippen LogP contribution in [-0.2, 0) is 19.1 Å². The Hall–Kier alpha value is -2.21. The molecule has 2 aliphatic rings. The monoisotopic (exact) mass is 288 g/mol. The lowest BCUT2D eigenvalue weighted by Gasteiger charge is -2.28. The number of nitrogens with zero attached hydrogens (tertiary/aromatic N) is 2. The van der Waals surface area contributed by atoms with E-state index < -0.39 is 17.7 Å². The van der Waals surface area contributed by atoms with E-state index in [0.29, 0.717) is 32.0 Å². The van der Waals surface area contributed by atoms with Crippen molar-refractivity contribution in [3.63, 3.8) is 0 Å². The molecule has 6 nitrogen and oxygen atoms in total. The molecule has 0 aliphatic carbocycles. The highest BCUT2D eigenvalue weighted by atomic mass is 16.5. The Kier molecular flexibility index (Phi) is 3.70. The minimum Gasteiger partial charge on any atom is -0.378 e. The largest absolute Gasteiger partial charge is 0.378 e. The first-order valence-corrected chi connectivity index (χ1v) is 6.94. The first-order chi connectivity index (χ1) is 10.2. The van der Waals surface area contributed by atoms with Gasteiger partial charge < -0.3 is 14.5 Å². The zero-order valence-corrected chi connectivity index (χ0v) is 11.5. The third-order valence-corrected chi connectivity index (χ3v) is 3.79. The summed E-state index contributed by atoms with van der Waals surface area (Å²) >= 11 is 0. The lowest BCUT2D eigenvalue weighted by atomic mass is 10.1. The molecule has 0 spiro atoms. The Labute approximate surface area is 122 Å². The van der Waals surface area contributed by atoms with Crippen molar-refractivity contribution in [1.29, 1.82) is 0 Å². The summed E-state index contributed by atoms with van der Waals surface area (Å²) in [7, 11) is 0. The van der Waals surface area contributed by atoms with Gasteiger partial charge in [-0.05, 0) is 12.1 Å². The molecule has 1 aromatic carbocycles. The smallest absolute Gasteiger partial charge is 0.247 e. The van der Waals surface area contributed by atoms with Crippen LogP contribution in [0.2, 0.25) is 0 Å². The summed E-state index contributed by atoms with van der Waals surface area (Å²) in [5.41, 5.74) is 0.646. The van der Waals surface area contributed by atoms with Gasteiger partial charge in [0.05, 0.1) is 19.8 Å². The molecule has 0 saturated carbocycles. The van der Waals surface area contributed by atoms with E-state index in [1.165, 1.54) is 4.90 Å². The number of ether oxygens (including phenoxy) is 1. The van der Waals surface area contributed by atoms with Crippen LogP contribution in [0.4, 0.5) is 5.69 Å². The minimum atomic E-state index is -1.19. The van der Waals surface area contributed by atoms with E-state index in [0.717, 1.165) is 0 Å². The standard InChI is InChI=1S/C15H16N2O4/c18-12-10-17(11-4-2-1-3-5-11)15(20)13(12)14(19)16-6-8-21-9-7-16/h1-5,13H,6-10H2/t13-/m1/s1. The van der Waals surface area contributed by atoms with Crippen LogP contribution in [0.25, 0.3) is 0 Å². The first kappa shape index (κ1) is 13.8. The SMILES string of the molecule is O=C1CN(c2ccccc2)C(=O)[C@H]1C(=O)N1CCOCC1. The van der Waals surface area contributed by atoms with E-state index >= 15 is 0 Å². The van der Waals surface area contributed by atoms with E-state index in [9.17, 15) is 14.4 Å². The normalized spacial score (nSPS) is 22.8. The van der Waals surface area contributed by atoms with E-state index in [4.69, 9.17) is 4.74 Å². The van der Waals surface area contributed by atoms with Gasteiger partial charge in [-0.3, -0.25) is 14.4 Å². The van der Waals surface area contributed by atoms with Gasteiger partial charge in [-0.15, -0.1) is 0 Å². The summed E-state index contributed by atoms with van der Waals surface area (Å²) in [5, 5.41) is 0. The van der Waals surface area contributed by atoms with Crippen LogP contribution in [0, 0.1) is 5.92 Å². The number of ketones is 1. The van der Waals surface area contributed by atoms with Crippen molar-refractivity contribution in [1.82, 2.24) is 4.90 Å². The zero-order valence-electron chi connectivity index (χ0n) is 11.5. The van der Waals surface area contributed by atoms with Gasteiger partial charge in [0.2, 0.25) is 11.8 Å². The second-order valence-corrected chi connectivity index (χ2v) is 5.10. The molecule has 3 rings (SSSR count). The molecule has 6 heteroatoms. The lowest BCUT2D eigenvalue weighted by molar-refractivity contribution is -0.146. The van der Waals surface area contributed by atoms with Crippen molar-refractivity contribution >= 4 is 23.3 Å². The Morgan fingerprint density at radius 2 is 1.76 bits per heavy atom. The van der Waals surface area contributed by atoms with Gasteiger partial charge in [-0.25, -0.2) is 0 Å². The van der Waals surface area contributed by atoms with Crippen molar-refractivity contribution in [3.05, 3.63) is 30.3 Å². The summed E-state index contributed by atoms with van der Waals surface area (Å²) in [4.78, 5) is 39.9. The van der Waals surface area contributed by atoms with Gasteiger partial charge in [-0.2, -0.15) is 0 Å². The van der Waals surface area contributed by atoms with Gasteiger partial charge in [0, 0.05) is 18.8 Å². The molecule has 2 saturated heterocycles. The number of para-hydroxylation sites is 1. The number of amides is 2. The number of carbonyl (C=O) groups excluding carboxylic acids is 3. The van der Waals surface area contributed by atoms with Crippen LogP contribution < -0.4 is 4.90 Å². The summed E-state index contributed by atoms with van der Waals surface area (Å²) < 4.78 is 5.18. The predicted molar refractivity (Wildman–Crippen MR) is 74.7 cm³/mol. The van der Waals surface area contributed by atoms with Gasteiger partial charge in [0.25, 0.3) is 0 Å². The van der Waals surface area contributed by atoms with Gasteiger partial charge in [0.1, 0.15) is 0 Å². The molecular weight excluding hydrogens is 272 g/mol. The van der Waals surface area contributed by atoms with Crippen LogP contribution in [-0.4, -0.2) is 55.3 Å². The van der Waals surface area contributed by atoms with Crippen molar-refractivity contribution in [2.45, 2.75) is 0 Å². The maximum absolute atomic E-state index is 12.4. The number of benzene rings is 1. The first-order valence-electron chi connectivity index (χ1n) is 6.94. The predicted octanol–water partition coefficient (Wildman–Crippen LogP) is 0.0773. The number of Topliss-reactive ketones (excluding diaryl/α,β-unsaturated/α-hetero) is 1. The Morgan fingerprint density at radius 1 is 1.10 bits per heavy atom. The van der Waals surface area contributed by atoms with Crippen molar-refractivity contribution in [3.8, 4) is 0 Å². The highest BCUT2D eigenvalue weighted by Crippen LogP contribution is 2.24. The molecule has 0 N–H and O–H groups in total. The third-order valence-electron chi connectivity index (χ3n) is 3.79. The minimum absolute atomic E-state index is 0.0381. The molecule has 2 heterocycles. The van der Waals surface area contributed by atoms with Crippen LogP contribution in [0.5, 0.6) is 0 Å². The van der Waals surface area contributed by atoms with Crippen molar-refractivity contribution in [2.24, 2.45) is 5.92 Å². The van der Waals surface area contributed by atoms with Gasteiger partial charge in [-0.1, -0.05) is 18.2 Å². The average molecular weight is 288 g/mol. The molecule has 1 aromatic rings. The van der Waals surface area contributed by atoms with Crippen molar-refractivity contribution in [2.75, 3.05) is 37.7 Å². The van der Waals surface area contributed by atoms with Crippen LogP contribution in [0.15, 0.2) is 30.3 Å². The average Bonchev–Trinajstić information content (AvgIpc) is 2.83. The molecule has 0 bridgehead atoms. The number of carbonyl (C=O) groups is 3. The van der Waals surface area contributed by atoms with E-state index in [1.807, 2.05) is 6.07 Å². The highest BCUT2D eigenvalue weighted by Gasteiger charge is 2.46. The molecule has 110 valence electrons. The molecular formula is C15H16N2O4. The second-order valence-electron chi connectivity index (χ2n) is 5.10. The molecule has 1 atom stereocenters. The summed E-state index contributed by atoms with van der Waals surface area (Å²) in [6.45, 7) is 1.72. The number of hydrogen-bond acceptors (Lipinski definition) is 4. The summed E-state index contributed by atoms with van der Waals surface area (Å²) in [5.74, 6) is -2.35. The van der Waals surface area contributed by atoms with Gasteiger partial charge >= 0.3 is 0 Å². The summed E-state index contributed by atoms with van der Waals surface area (Å²) in [6, 6.07) is 8.94. The quantitative estimate of drug-likeness (QED) is 0.723. The fourth-order valence-electron chi connectivity index (χ4n) is 2.65. The topological polar surface area (TPSA) is 66.9 Å². The van der Waals surface area contributed by atoms with Crippen LogP contribution >= 0.6 is 0 Å². The molecule has 0 aromatic heterocycles. The van der Waals surface area contributed by atoms with Gasteiger partial charge in [0.15, 0.2) is 11.7 Å². The Bertz CT molecular complexity index is 566. The molecule has 2 fully saturated rings. The maximum atomic E-state index is 12.4. The molecule has 2 aliphatic heterocycles. The zero-order chi connectivity index (χ0) is 14.8. The second kappa shape index (κ2) is 5.65. The number of hydrogen-bond donors (Lipinski definition) is 0. The third kappa shape index (κ3) is 2.54. The fourth-order valence-corrected chi connectivity index (χ4v) is 2.65. The molecule has 0 radical (unpaired) electrons. The Balaban J connectivity index is 1.79. The van der Waals surface area contributed by atoms with Crippen molar-refractivity contribution < 1.29 is 19.1 Å². The number of rotatable bonds is 2. The van der Waals surface area contributed by atoms with Crippen LogP contribution in [0.1, 0.15) is 0 Å². The maximum Gasteiger partial charge on any atom is 0.247 e. The summed E-state index contributed by atoms with van der Waals surface area (Å²) in [6.07, 6.45) is 0. The molecule has 21 heavy (non-hydrogen) atoms. The lowest BCUT2D eigenvalue weighted by Crippen LogP contribution is -2.47. The van der Waals surface area contributed by atoms with E-state index in [1.54, 1.807) is 29.2 Å². The molecule has 0 unspecified atom stereocenters. The highest BCUT2D eigenvalue weighted by molar-refractivity contribution is 6.28. The Morgan fingerprint density at radius 3 is 2.43 bits per heavy atom. The van der Waals surface area contributed by atoms with E-state index in [-0.39, 0.29) is 12.3 Å². The number of anilines is 1. The molecule has 2 amide bonds. The van der Waals surface area contributed by atoms with E-state index in [2.05, 4.69) is 0 Å². The number of morpholine rings is 1. The van der Waals surface area contributed by atoms with Crippen LogP contribution in [0.3, 0.4) is 0 Å². The fraction of sp³-hybridized carbons (Fsp3) is 0.400.